The van der Waals surface area contributed by atoms with E-state index < -0.39 is 16.9 Å². The first kappa shape index (κ1) is 17.3. The Hall–Kier alpha value is -1.76. The summed E-state index contributed by atoms with van der Waals surface area (Å²) in [4.78, 5) is 24.4. The van der Waals surface area contributed by atoms with E-state index in [-0.39, 0.29) is 17.4 Å². The lowest BCUT2D eigenvalue weighted by Crippen LogP contribution is -2.43. The number of rotatable bonds is 6. The number of hydrogen-bond acceptors (Lipinski definition) is 5. The minimum Gasteiger partial charge on any atom is -0.383 e. The zero-order valence-corrected chi connectivity index (χ0v) is 13.7. The van der Waals surface area contributed by atoms with E-state index in [1.54, 1.807) is 7.11 Å². The van der Waals surface area contributed by atoms with Crippen molar-refractivity contribution in [2.75, 3.05) is 24.7 Å². The van der Waals surface area contributed by atoms with Crippen LogP contribution >= 0.6 is 0 Å². The van der Waals surface area contributed by atoms with Crippen molar-refractivity contribution in [1.29, 1.82) is 0 Å². The molecule has 3 N–H and O–H groups in total. The summed E-state index contributed by atoms with van der Waals surface area (Å²) in [6.45, 7) is 8.62. The Labute approximate surface area is 124 Å². The summed E-state index contributed by atoms with van der Waals surface area (Å²) < 4.78 is 7.80. The van der Waals surface area contributed by atoms with Gasteiger partial charge in [-0.15, -0.1) is 0 Å². The van der Waals surface area contributed by atoms with Gasteiger partial charge in [-0.05, 0) is 19.8 Å². The molecular weight excluding hydrogens is 272 g/mol. The zero-order valence-electron chi connectivity index (χ0n) is 13.7. The van der Waals surface area contributed by atoms with Crippen LogP contribution in [0.1, 0.15) is 27.7 Å². The molecule has 1 rings (SSSR count). The van der Waals surface area contributed by atoms with Gasteiger partial charge < -0.3 is 15.8 Å². The largest absolute Gasteiger partial charge is 0.383 e. The Morgan fingerprint density at radius 1 is 1.33 bits per heavy atom. The van der Waals surface area contributed by atoms with Gasteiger partial charge in [0, 0.05) is 27.2 Å². The molecule has 0 atom stereocenters. The fraction of sp³-hybridized carbons (Fsp3) is 0.714. The van der Waals surface area contributed by atoms with Gasteiger partial charge in [0.1, 0.15) is 11.5 Å². The van der Waals surface area contributed by atoms with E-state index in [0.29, 0.717) is 13.1 Å². The number of nitrogens with two attached hydrogens (primary N) is 1. The Balaban J connectivity index is 3.29. The van der Waals surface area contributed by atoms with Crippen molar-refractivity contribution in [1.82, 2.24) is 9.13 Å². The smallest absolute Gasteiger partial charge is 0.332 e. The Morgan fingerprint density at radius 2 is 1.90 bits per heavy atom. The number of ether oxygens (including phenoxy) is 1. The molecule has 0 radical (unpaired) electrons. The molecule has 0 amide bonds. The maximum Gasteiger partial charge on any atom is 0.332 e. The third kappa shape index (κ3) is 3.87. The van der Waals surface area contributed by atoms with Gasteiger partial charge in [0.05, 0.1) is 5.60 Å². The minimum atomic E-state index is -0.448. The summed E-state index contributed by atoms with van der Waals surface area (Å²) in [7, 11) is 3.05. The number of nitrogen functional groups attached to an aromatic ring is 1. The molecule has 0 saturated heterocycles. The second kappa shape index (κ2) is 6.34. The summed E-state index contributed by atoms with van der Waals surface area (Å²) in [5, 5.41) is 3.01. The summed E-state index contributed by atoms with van der Waals surface area (Å²) >= 11 is 0. The molecule has 0 aromatic carbocycles. The molecule has 1 heterocycles. The van der Waals surface area contributed by atoms with Crippen molar-refractivity contribution < 1.29 is 4.74 Å². The third-order valence-electron chi connectivity index (χ3n) is 3.37. The van der Waals surface area contributed by atoms with Crippen LogP contribution in [0.3, 0.4) is 0 Å². The lowest BCUT2D eigenvalue weighted by atomic mass is 10.1. The standard InChI is InChI=1S/C14H26N4O3/c1-9(2)7-18-11(15)10(12(19)17(5)13(18)20)16-8-14(3,4)21-6/h9,16H,7-8,15H2,1-6H3. The number of nitrogens with zero attached hydrogens (tertiary/aromatic N) is 2. The summed E-state index contributed by atoms with van der Waals surface area (Å²) in [6.07, 6.45) is 0. The predicted molar refractivity (Wildman–Crippen MR) is 84.8 cm³/mol. The highest BCUT2D eigenvalue weighted by molar-refractivity contribution is 5.60. The number of aromatic nitrogens is 2. The molecule has 0 aliphatic carbocycles. The average Bonchev–Trinajstić information content (AvgIpc) is 2.41. The van der Waals surface area contributed by atoms with Crippen LogP contribution in [0.15, 0.2) is 9.59 Å². The molecule has 1 aromatic heterocycles. The van der Waals surface area contributed by atoms with Crippen molar-refractivity contribution in [3.63, 3.8) is 0 Å². The van der Waals surface area contributed by atoms with Gasteiger partial charge in [-0.2, -0.15) is 0 Å². The van der Waals surface area contributed by atoms with Gasteiger partial charge >= 0.3 is 5.69 Å². The molecule has 1 aromatic rings. The van der Waals surface area contributed by atoms with Gasteiger partial charge in [0.15, 0.2) is 0 Å². The second-order valence-corrected chi connectivity index (χ2v) is 6.23. The van der Waals surface area contributed by atoms with Gasteiger partial charge in [0.2, 0.25) is 0 Å². The Morgan fingerprint density at radius 3 is 2.38 bits per heavy atom. The molecule has 0 aliphatic rings. The van der Waals surface area contributed by atoms with Crippen LogP contribution in [0.5, 0.6) is 0 Å². The monoisotopic (exact) mass is 298 g/mol. The molecule has 7 heteroatoms. The number of hydrogen-bond donors (Lipinski definition) is 2. The lowest BCUT2D eigenvalue weighted by molar-refractivity contribution is 0.0343. The summed E-state index contributed by atoms with van der Waals surface area (Å²) in [6, 6.07) is 0. The van der Waals surface area contributed by atoms with Crippen LogP contribution in [0.25, 0.3) is 0 Å². The molecule has 0 fully saturated rings. The van der Waals surface area contributed by atoms with Crippen molar-refractivity contribution in [2.45, 2.75) is 39.8 Å². The van der Waals surface area contributed by atoms with Gasteiger partial charge in [-0.25, -0.2) is 4.79 Å². The topological polar surface area (TPSA) is 91.3 Å². The van der Waals surface area contributed by atoms with E-state index in [1.165, 1.54) is 11.6 Å². The van der Waals surface area contributed by atoms with Crippen LogP contribution in [0, 0.1) is 5.92 Å². The molecule has 7 nitrogen and oxygen atoms in total. The average molecular weight is 298 g/mol. The van der Waals surface area contributed by atoms with Crippen molar-refractivity contribution in [3.05, 3.63) is 20.8 Å². The van der Waals surface area contributed by atoms with Crippen LogP contribution < -0.4 is 22.3 Å². The third-order valence-corrected chi connectivity index (χ3v) is 3.37. The number of nitrogens with one attached hydrogen (secondary N) is 1. The SMILES string of the molecule is COC(C)(C)CNc1c(N)n(CC(C)C)c(=O)n(C)c1=O. The highest BCUT2D eigenvalue weighted by Crippen LogP contribution is 2.15. The fourth-order valence-electron chi connectivity index (χ4n) is 1.86. The van der Waals surface area contributed by atoms with Crippen LogP contribution in [-0.4, -0.2) is 28.4 Å². The van der Waals surface area contributed by atoms with Crippen molar-refractivity contribution >= 4 is 11.5 Å². The predicted octanol–water partition coefficient (Wildman–Crippen LogP) is 0.622. The van der Waals surface area contributed by atoms with Gasteiger partial charge in [-0.1, -0.05) is 13.8 Å². The van der Waals surface area contributed by atoms with E-state index in [9.17, 15) is 9.59 Å². The van der Waals surface area contributed by atoms with Crippen LogP contribution in [0.2, 0.25) is 0 Å². The van der Waals surface area contributed by atoms with E-state index >= 15 is 0 Å². The van der Waals surface area contributed by atoms with Crippen molar-refractivity contribution in [3.8, 4) is 0 Å². The number of methoxy groups -OCH3 is 1. The van der Waals surface area contributed by atoms with E-state index in [1.807, 2.05) is 27.7 Å². The molecular formula is C14H26N4O3. The zero-order chi connectivity index (χ0) is 16.4. The fourth-order valence-corrected chi connectivity index (χ4v) is 1.86. The maximum absolute atomic E-state index is 12.2. The lowest BCUT2D eigenvalue weighted by Gasteiger charge is -2.25. The van der Waals surface area contributed by atoms with Crippen LogP contribution in [0.4, 0.5) is 11.5 Å². The first-order valence-corrected chi connectivity index (χ1v) is 6.99. The molecule has 0 saturated carbocycles. The molecule has 0 bridgehead atoms. The molecule has 0 aliphatic heterocycles. The van der Waals surface area contributed by atoms with E-state index in [0.717, 1.165) is 4.57 Å². The summed E-state index contributed by atoms with van der Waals surface area (Å²) in [5.74, 6) is 0.412. The first-order chi connectivity index (χ1) is 9.60. The molecule has 21 heavy (non-hydrogen) atoms. The van der Waals surface area contributed by atoms with Crippen LogP contribution in [-0.2, 0) is 18.3 Å². The molecule has 0 spiro atoms. The van der Waals surface area contributed by atoms with Crippen molar-refractivity contribution in [2.24, 2.45) is 13.0 Å². The quantitative estimate of drug-likeness (QED) is 0.803. The second-order valence-electron chi connectivity index (χ2n) is 6.23. The Bertz CT molecular complexity index is 614. The highest BCUT2D eigenvalue weighted by Gasteiger charge is 2.20. The summed E-state index contributed by atoms with van der Waals surface area (Å²) in [5.41, 5.74) is 4.98. The first-order valence-electron chi connectivity index (χ1n) is 6.99. The number of anilines is 2. The van der Waals surface area contributed by atoms with E-state index in [2.05, 4.69) is 5.32 Å². The Kier molecular flexibility index (Phi) is 5.22. The van der Waals surface area contributed by atoms with E-state index in [4.69, 9.17) is 10.5 Å². The highest BCUT2D eigenvalue weighted by atomic mass is 16.5. The minimum absolute atomic E-state index is 0.170. The molecule has 0 unspecified atom stereocenters. The normalized spacial score (nSPS) is 12.0. The van der Waals surface area contributed by atoms with Gasteiger partial charge in [0.25, 0.3) is 5.56 Å². The van der Waals surface area contributed by atoms with Gasteiger partial charge in [-0.3, -0.25) is 13.9 Å². The molecule has 120 valence electrons. The maximum atomic E-state index is 12.2.